The molecule has 0 spiro atoms. The van der Waals surface area contributed by atoms with E-state index in [4.69, 9.17) is 0 Å². The molecule has 0 unspecified atom stereocenters. The molecule has 0 saturated carbocycles. The topological polar surface area (TPSA) is 6.48 Å². The molecule has 0 amide bonds. The van der Waals surface area contributed by atoms with E-state index in [0.29, 0.717) is 0 Å². The first kappa shape index (κ1) is 47.2. The summed E-state index contributed by atoms with van der Waals surface area (Å²) in [7, 11) is 0. The van der Waals surface area contributed by atoms with Crippen LogP contribution in [-0.2, 0) is 37.9 Å². The van der Waals surface area contributed by atoms with Crippen molar-refractivity contribution in [3.63, 3.8) is 0 Å². The fourth-order valence-electron chi connectivity index (χ4n) is 15.1. The van der Waals surface area contributed by atoms with E-state index in [0.717, 1.165) is 6.42 Å². The molecule has 5 aliphatic rings. The van der Waals surface area contributed by atoms with Gasteiger partial charge < -0.3 is 9.80 Å². The van der Waals surface area contributed by atoms with Gasteiger partial charge in [0.15, 0.2) is 0 Å². The van der Waals surface area contributed by atoms with Gasteiger partial charge >= 0.3 is 0 Å². The smallest absolute Gasteiger partial charge is 0.252 e. The minimum absolute atomic E-state index is 0.00151. The molecule has 2 heterocycles. The van der Waals surface area contributed by atoms with Crippen molar-refractivity contribution in [3.05, 3.63) is 183 Å². The summed E-state index contributed by atoms with van der Waals surface area (Å²) in [4.78, 5) is 5.46. The predicted molar refractivity (Wildman–Crippen MR) is 311 cm³/mol. The Kier molecular flexibility index (Phi) is 9.79. The lowest BCUT2D eigenvalue weighted by molar-refractivity contribution is 0.332. The fourth-order valence-corrected chi connectivity index (χ4v) is 15.1. The highest BCUT2D eigenvalue weighted by Crippen LogP contribution is 2.57. The van der Waals surface area contributed by atoms with Crippen molar-refractivity contribution in [2.45, 2.75) is 175 Å². The van der Waals surface area contributed by atoms with Crippen molar-refractivity contribution in [2.75, 3.05) is 9.80 Å². The third-order valence-corrected chi connectivity index (χ3v) is 19.0. The Morgan fingerprint density at radius 1 is 0.417 bits per heavy atom. The number of hydrogen-bond donors (Lipinski definition) is 0. The lowest BCUT2D eigenvalue weighted by atomic mass is 9.32. The van der Waals surface area contributed by atoms with E-state index in [1.54, 1.807) is 0 Å². The van der Waals surface area contributed by atoms with Gasteiger partial charge in [-0.3, -0.25) is 0 Å². The van der Waals surface area contributed by atoms with Crippen LogP contribution < -0.4 is 26.2 Å². The van der Waals surface area contributed by atoms with Gasteiger partial charge in [0.2, 0.25) is 0 Å². The van der Waals surface area contributed by atoms with Crippen LogP contribution in [0.25, 0.3) is 11.1 Å². The number of hydrogen-bond acceptors (Lipinski definition) is 2. The Morgan fingerprint density at radius 3 is 1.44 bits per heavy atom. The van der Waals surface area contributed by atoms with Crippen molar-refractivity contribution in [2.24, 2.45) is 0 Å². The van der Waals surface area contributed by atoms with Gasteiger partial charge in [-0.1, -0.05) is 183 Å². The molecule has 0 radical (unpaired) electrons. The third-order valence-electron chi connectivity index (χ3n) is 19.0. The van der Waals surface area contributed by atoms with Crippen molar-refractivity contribution < 1.29 is 0 Å². The molecule has 0 bridgehead atoms. The number of aryl methyl sites for hydroxylation is 2. The second kappa shape index (κ2) is 14.9. The van der Waals surface area contributed by atoms with E-state index in [1.807, 2.05) is 0 Å². The normalized spacial score (nSPS) is 19.6. The van der Waals surface area contributed by atoms with Crippen molar-refractivity contribution >= 4 is 57.2 Å². The highest BCUT2D eigenvalue weighted by molar-refractivity contribution is 7.00. The van der Waals surface area contributed by atoms with Gasteiger partial charge in [0.1, 0.15) is 0 Å². The maximum absolute atomic E-state index is 2.75. The van der Waals surface area contributed by atoms with E-state index in [2.05, 4.69) is 249 Å². The molecule has 7 aromatic rings. The maximum atomic E-state index is 2.75. The van der Waals surface area contributed by atoms with Crippen LogP contribution in [0.1, 0.15) is 184 Å². The first-order chi connectivity index (χ1) is 33.6. The first-order valence-corrected chi connectivity index (χ1v) is 27.2. The Labute approximate surface area is 433 Å². The SMILES string of the molecule is Cc1cc2c3c(c1)N(c1ccc(C(C)(C)C)cc1-c1ccccc1)c1cc4c(cc1B3c1cc3c(cc1N2c1cc2c(cc1C)C(C)(C)CCC2(C)C)C(C)(C)CC3(C)C)C(C)(C)c1ccccc1C4(C)C. The summed E-state index contributed by atoms with van der Waals surface area (Å²) in [6.45, 7) is 41.5. The molecular weight excluding hydrogens is 868 g/mol. The molecule has 0 fully saturated rings. The molecule has 12 rings (SSSR count). The van der Waals surface area contributed by atoms with Crippen LogP contribution in [-0.4, -0.2) is 6.71 Å². The molecule has 0 saturated heterocycles. The molecule has 2 nitrogen and oxygen atoms in total. The van der Waals surface area contributed by atoms with Gasteiger partial charge in [-0.15, -0.1) is 0 Å². The Hall–Kier alpha value is -5.80. The van der Waals surface area contributed by atoms with E-state index < -0.39 is 0 Å². The molecule has 7 aromatic carbocycles. The van der Waals surface area contributed by atoms with Crippen LogP contribution in [0, 0.1) is 13.8 Å². The predicted octanol–water partition coefficient (Wildman–Crippen LogP) is 16.6. The van der Waals surface area contributed by atoms with Gasteiger partial charge in [-0.2, -0.15) is 0 Å². The summed E-state index contributed by atoms with van der Waals surface area (Å²) in [6.07, 6.45) is 3.49. The van der Waals surface area contributed by atoms with Gasteiger partial charge in [-0.25, -0.2) is 0 Å². The molecule has 72 heavy (non-hydrogen) atoms. The van der Waals surface area contributed by atoms with Crippen LogP contribution in [0.3, 0.4) is 0 Å². The number of anilines is 6. The zero-order chi connectivity index (χ0) is 51.2. The van der Waals surface area contributed by atoms with E-state index >= 15 is 0 Å². The highest BCUT2D eigenvalue weighted by Gasteiger charge is 2.51. The van der Waals surface area contributed by atoms with Crippen LogP contribution in [0.4, 0.5) is 34.1 Å². The molecular formula is C69H77BN2. The van der Waals surface area contributed by atoms with Crippen LogP contribution in [0.5, 0.6) is 0 Å². The van der Waals surface area contributed by atoms with Crippen LogP contribution in [0.2, 0.25) is 0 Å². The molecule has 0 atom stereocenters. The monoisotopic (exact) mass is 945 g/mol. The zero-order valence-corrected chi connectivity index (χ0v) is 46.6. The van der Waals surface area contributed by atoms with Crippen molar-refractivity contribution in [3.8, 4) is 11.1 Å². The molecule has 0 aromatic heterocycles. The molecule has 2 aliphatic heterocycles. The van der Waals surface area contributed by atoms with Gasteiger partial charge in [-0.05, 0) is 186 Å². The average Bonchev–Trinajstić information content (AvgIpc) is 3.50. The second-order valence-electron chi connectivity index (χ2n) is 27.8. The highest BCUT2D eigenvalue weighted by atomic mass is 15.2. The Bertz CT molecular complexity index is 3460. The molecule has 0 N–H and O–H groups in total. The van der Waals surface area contributed by atoms with Gasteiger partial charge in [0, 0.05) is 44.8 Å². The standard InChI is InChI=1S/C69H77BN2/c1-41-31-60-62-61(32-41)72(57-37-50-48(33-42(57)2)64(6,7)29-30-65(50,8)9)58-38-51-49(66(10,11)40-67(51,12)13)35-54(58)70(62)55-36-52-53(69(16,17)47-26-22-21-25-46(47)68(52,14)15)39-59(55)71(60)56-28-27-44(63(3,4)5)34-45(56)43-23-19-18-20-24-43/h18-28,31-39H,29-30,40H2,1-17H3. The second-order valence-corrected chi connectivity index (χ2v) is 27.8. The van der Waals surface area contributed by atoms with Gasteiger partial charge in [0.25, 0.3) is 6.71 Å². The number of rotatable bonds is 3. The van der Waals surface area contributed by atoms with Crippen molar-refractivity contribution in [1.29, 1.82) is 0 Å². The summed E-state index contributed by atoms with van der Waals surface area (Å²) in [6, 6.07) is 48.8. The van der Waals surface area contributed by atoms with Crippen LogP contribution >= 0.6 is 0 Å². The summed E-state index contributed by atoms with van der Waals surface area (Å²) < 4.78 is 0. The number of nitrogens with zero attached hydrogens (tertiary/aromatic N) is 2. The Morgan fingerprint density at radius 2 is 0.875 bits per heavy atom. The average molecular weight is 945 g/mol. The van der Waals surface area contributed by atoms with E-state index in [1.165, 1.54) is 136 Å². The third kappa shape index (κ3) is 6.60. The maximum Gasteiger partial charge on any atom is 0.252 e. The molecule has 3 aliphatic carbocycles. The summed E-state index contributed by atoms with van der Waals surface area (Å²) >= 11 is 0. The van der Waals surface area contributed by atoms with Crippen LogP contribution in [0.15, 0.2) is 121 Å². The number of benzene rings is 7. The molecule has 366 valence electrons. The first-order valence-electron chi connectivity index (χ1n) is 27.2. The lowest BCUT2D eigenvalue weighted by Crippen LogP contribution is -2.62. The Balaban J connectivity index is 1.24. The number of fused-ring (bicyclic) bond motifs is 8. The van der Waals surface area contributed by atoms with Gasteiger partial charge in [0.05, 0.1) is 5.69 Å². The van der Waals surface area contributed by atoms with Crippen molar-refractivity contribution in [1.82, 2.24) is 0 Å². The van der Waals surface area contributed by atoms with E-state index in [-0.39, 0.29) is 44.6 Å². The van der Waals surface area contributed by atoms with E-state index in [9.17, 15) is 0 Å². The zero-order valence-electron chi connectivity index (χ0n) is 46.6. The molecule has 3 heteroatoms. The lowest BCUT2D eigenvalue weighted by Gasteiger charge is -2.49. The quantitative estimate of drug-likeness (QED) is 0.163. The summed E-state index contributed by atoms with van der Waals surface area (Å²) in [5.74, 6) is 0. The minimum atomic E-state index is -0.220. The minimum Gasteiger partial charge on any atom is -0.311 e. The fraction of sp³-hybridized carbons (Fsp3) is 0.391. The summed E-state index contributed by atoms with van der Waals surface area (Å²) in [5, 5.41) is 0. The largest absolute Gasteiger partial charge is 0.311 e. The summed E-state index contributed by atoms with van der Waals surface area (Å²) in [5.41, 5.74) is 29.9.